The maximum atomic E-state index is 12.3. The van der Waals surface area contributed by atoms with E-state index < -0.39 is 0 Å². The van der Waals surface area contributed by atoms with E-state index in [1.54, 1.807) is 7.05 Å². The summed E-state index contributed by atoms with van der Waals surface area (Å²) in [4.78, 5) is 34.3. The summed E-state index contributed by atoms with van der Waals surface area (Å²) < 4.78 is 0. The number of amides is 2. The lowest BCUT2D eigenvalue weighted by Crippen LogP contribution is -2.50. The molecule has 0 saturated carbocycles. The molecule has 0 spiro atoms. The Bertz CT molecular complexity index is 544. The van der Waals surface area contributed by atoms with Crippen LogP contribution in [0.4, 0.5) is 0 Å². The minimum absolute atomic E-state index is 0.00942. The number of piperazine rings is 1. The normalized spacial score (nSPS) is 15.8. The smallest absolute Gasteiger partial charge is 0.239 e. The number of carbonyl (C=O) groups is 2. The van der Waals surface area contributed by atoms with Gasteiger partial charge in [0.1, 0.15) is 0 Å². The number of nitrogens with one attached hydrogen (secondary N) is 1. The van der Waals surface area contributed by atoms with Crippen molar-refractivity contribution in [2.24, 2.45) is 0 Å². The number of hydrogen-bond acceptors (Lipinski definition) is 5. The fraction of sp³-hybridized carbons (Fsp3) is 0.611. The molecule has 2 rings (SSSR count). The number of carbonyl (C=O) groups excluding carboxylic acids is 2. The molecular formula is C18H29N5O2. The zero-order valence-corrected chi connectivity index (χ0v) is 15.3. The van der Waals surface area contributed by atoms with Crippen molar-refractivity contribution >= 4 is 11.8 Å². The Balaban J connectivity index is 1.68. The Morgan fingerprint density at radius 1 is 1.20 bits per heavy atom. The molecule has 0 aromatic carbocycles. The zero-order chi connectivity index (χ0) is 18.1. The van der Waals surface area contributed by atoms with Gasteiger partial charge in [-0.25, -0.2) is 0 Å². The molecule has 1 fully saturated rings. The molecule has 1 aliphatic heterocycles. The molecule has 1 aromatic rings. The molecule has 25 heavy (non-hydrogen) atoms. The van der Waals surface area contributed by atoms with Crippen molar-refractivity contribution in [1.82, 2.24) is 25.0 Å². The third-order valence-corrected chi connectivity index (χ3v) is 4.31. The third-order valence-electron chi connectivity index (χ3n) is 4.31. The first-order chi connectivity index (χ1) is 12.1. The minimum Gasteiger partial charge on any atom is -0.355 e. The van der Waals surface area contributed by atoms with Gasteiger partial charge < -0.3 is 10.2 Å². The largest absolute Gasteiger partial charge is 0.355 e. The van der Waals surface area contributed by atoms with Gasteiger partial charge in [0, 0.05) is 52.5 Å². The van der Waals surface area contributed by atoms with Crippen molar-refractivity contribution < 1.29 is 9.59 Å². The predicted octanol–water partition coefficient (Wildman–Crippen LogP) is 0.184. The van der Waals surface area contributed by atoms with Gasteiger partial charge in [-0.1, -0.05) is 13.0 Å². The lowest BCUT2D eigenvalue weighted by molar-refractivity contribution is -0.136. The van der Waals surface area contributed by atoms with E-state index in [4.69, 9.17) is 0 Å². The van der Waals surface area contributed by atoms with Gasteiger partial charge in [-0.2, -0.15) is 0 Å². The van der Waals surface area contributed by atoms with Crippen LogP contribution in [0.5, 0.6) is 0 Å². The molecule has 1 aliphatic rings. The molecular weight excluding hydrogens is 318 g/mol. The Hall–Kier alpha value is -1.99. The Labute approximate surface area is 150 Å². The van der Waals surface area contributed by atoms with E-state index in [2.05, 4.69) is 20.1 Å². The molecule has 1 aromatic heterocycles. The van der Waals surface area contributed by atoms with Crippen molar-refractivity contribution in [1.29, 1.82) is 0 Å². The van der Waals surface area contributed by atoms with Gasteiger partial charge >= 0.3 is 0 Å². The third kappa shape index (κ3) is 6.80. The van der Waals surface area contributed by atoms with Gasteiger partial charge in [-0.3, -0.25) is 24.4 Å². The highest BCUT2D eigenvalue weighted by Gasteiger charge is 2.21. The number of rotatable bonds is 8. The summed E-state index contributed by atoms with van der Waals surface area (Å²) in [5.74, 6) is -0.109. The molecule has 0 unspecified atom stereocenters. The average Bonchev–Trinajstić information content (AvgIpc) is 2.62. The predicted molar refractivity (Wildman–Crippen MR) is 96.9 cm³/mol. The van der Waals surface area contributed by atoms with Gasteiger partial charge in [0.05, 0.1) is 18.8 Å². The Kier molecular flexibility index (Phi) is 7.81. The second-order valence-electron chi connectivity index (χ2n) is 6.47. The van der Waals surface area contributed by atoms with E-state index in [0.717, 1.165) is 44.8 Å². The molecule has 1 saturated heterocycles. The molecule has 0 aliphatic carbocycles. The van der Waals surface area contributed by atoms with Gasteiger partial charge in [-0.05, 0) is 18.6 Å². The Morgan fingerprint density at radius 2 is 1.92 bits per heavy atom. The van der Waals surface area contributed by atoms with Crippen molar-refractivity contribution in [2.75, 3.05) is 52.9 Å². The second kappa shape index (κ2) is 10.1. The summed E-state index contributed by atoms with van der Waals surface area (Å²) in [5, 5.41) is 2.79. The van der Waals surface area contributed by atoms with Crippen molar-refractivity contribution in [2.45, 2.75) is 19.9 Å². The van der Waals surface area contributed by atoms with Crippen LogP contribution in [0.1, 0.15) is 19.0 Å². The Morgan fingerprint density at radius 3 is 2.56 bits per heavy atom. The van der Waals surface area contributed by atoms with Gasteiger partial charge in [0.15, 0.2) is 0 Å². The van der Waals surface area contributed by atoms with E-state index in [1.807, 2.05) is 31.3 Å². The van der Waals surface area contributed by atoms with Gasteiger partial charge in [-0.15, -0.1) is 0 Å². The van der Waals surface area contributed by atoms with Gasteiger partial charge in [0.2, 0.25) is 11.8 Å². The first-order valence-electron chi connectivity index (χ1n) is 8.93. The maximum Gasteiger partial charge on any atom is 0.239 e. The highest BCUT2D eigenvalue weighted by molar-refractivity contribution is 5.85. The fourth-order valence-electron chi connectivity index (χ4n) is 2.76. The molecule has 1 N–H and O–H groups in total. The van der Waals surface area contributed by atoms with Gasteiger partial charge in [0.25, 0.3) is 0 Å². The van der Waals surface area contributed by atoms with Crippen LogP contribution >= 0.6 is 0 Å². The van der Waals surface area contributed by atoms with Crippen LogP contribution < -0.4 is 5.32 Å². The molecule has 0 atom stereocenters. The summed E-state index contributed by atoms with van der Waals surface area (Å²) in [6.07, 6.45) is 2.71. The second-order valence-corrected chi connectivity index (χ2v) is 6.47. The number of likely N-dealkylation sites (N-methyl/N-ethyl adjacent to an activating group) is 1. The summed E-state index contributed by atoms with van der Waals surface area (Å²) in [7, 11) is 1.69. The average molecular weight is 347 g/mol. The molecule has 0 bridgehead atoms. The number of nitrogens with zero attached hydrogens (tertiary/aromatic N) is 4. The summed E-state index contributed by atoms with van der Waals surface area (Å²) in [6.45, 7) is 7.55. The molecule has 0 radical (unpaired) electrons. The highest BCUT2D eigenvalue weighted by atomic mass is 16.2. The fourth-order valence-corrected chi connectivity index (χ4v) is 2.76. The van der Waals surface area contributed by atoms with Crippen LogP contribution in [0, 0.1) is 0 Å². The lowest BCUT2D eigenvalue weighted by atomic mass is 10.2. The summed E-state index contributed by atoms with van der Waals surface area (Å²) in [6, 6.07) is 5.96. The molecule has 2 amide bonds. The van der Waals surface area contributed by atoms with Crippen LogP contribution in [-0.4, -0.2) is 84.4 Å². The minimum atomic E-state index is -0.0992. The van der Waals surface area contributed by atoms with Crippen LogP contribution in [0.2, 0.25) is 0 Å². The number of aromatic nitrogens is 1. The molecule has 138 valence electrons. The monoisotopic (exact) mass is 347 g/mol. The van der Waals surface area contributed by atoms with E-state index in [-0.39, 0.29) is 18.4 Å². The van der Waals surface area contributed by atoms with Crippen LogP contribution in [0.15, 0.2) is 24.4 Å². The van der Waals surface area contributed by atoms with E-state index in [0.29, 0.717) is 13.1 Å². The standard InChI is InChI=1S/C18H29N5O2/c1-3-7-20-17(24)14-21(2)18(25)15-23-11-9-22(10-12-23)13-16-6-4-5-8-19-16/h4-6,8H,3,7,9-15H2,1-2H3,(H,20,24). The first-order valence-corrected chi connectivity index (χ1v) is 8.93. The first kappa shape index (κ1) is 19.3. The van der Waals surface area contributed by atoms with Crippen LogP contribution in [0.3, 0.4) is 0 Å². The van der Waals surface area contributed by atoms with Crippen LogP contribution in [0.25, 0.3) is 0 Å². The van der Waals surface area contributed by atoms with E-state index in [9.17, 15) is 9.59 Å². The molecule has 7 nitrogen and oxygen atoms in total. The van der Waals surface area contributed by atoms with E-state index >= 15 is 0 Å². The quantitative estimate of drug-likeness (QED) is 0.727. The zero-order valence-electron chi connectivity index (χ0n) is 15.3. The topological polar surface area (TPSA) is 68.8 Å². The summed E-state index contributed by atoms with van der Waals surface area (Å²) in [5.41, 5.74) is 1.07. The van der Waals surface area contributed by atoms with Crippen LogP contribution in [-0.2, 0) is 16.1 Å². The van der Waals surface area contributed by atoms with Crippen molar-refractivity contribution in [3.63, 3.8) is 0 Å². The lowest BCUT2D eigenvalue weighted by Gasteiger charge is -2.34. The summed E-state index contributed by atoms with van der Waals surface area (Å²) >= 11 is 0. The number of hydrogen-bond donors (Lipinski definition) is 1. The van der Waals surface area contributed by atoms with E-state index in [1.165, 1.54) is 4.90 Å². The maximum absolute atomic E-state index is 12.3. The highest BCUT2D eigenvalue weighted by Crippen LogP contribution is 2.06. The van der Waals surface area contributed by atoms with Crippen molar-refractivity contribution in [3.05, 3.63) is 30.1 Å². The SMILES string of the molecule is CCCNC(=O)CN(C)C(=O)CN1CCN(Cc2ccccn2)CC1. The number of pyridine rings is 1. The van der Waals surface area contributed by atoms with Crippen molar-refractivity contribution in [3.8, 4) is 0 Å². The molecule has 2 heterocycles. The molecule has 7 heteroatoms.